The lowest BCUT2D eigenvalue weighted by Crippen LogP contribution is -2.28. The molecule has 0 aliphatic carbocycles. The zero-order valence-corrected chi connectivity index (χ0v) is 10.4. The van der Waals surface area contributed by atoms with Crippen molar-refractivity contribution >= 4 is 23.5 Å². The zero-order valence-electron chi connectivity index (χ0n) is 9.60. The second kappa shape index (κ2) is 6.25. The Morgan fingerprint density at radius 1 is 1.24 bits per heavy atom. The number of hydrogen-bond donors (Lipinski definition) is 0. The number of ether oxygens (including phenoxy) is 2. The molecule has 0 bridgehead atoms. The van der Waals surface area contributed by atoms with Gasteiger partial charge in [0, 0.05) is 5.02 Å². The van der Waals surface area contributed by atoms with Gasteiger partial charge in [-0.15, -0.1) is 0 Å². The van der Waals surface area contributed by atoms with Crippen LogP contribution in [0.3, 0.4) is 0 Å². The molecular weight excluding hydrogens is 244 g/mol. The molecule has 5 heteroatoms. The summed E-state index contributed by atoms with van der Waals surface area (Å²) in [6, 6.07) is 6.95. The molecular formula is C12H13ClO4. The van der Waals surface area contributed by atoms with Crippen LogP contribution in [0.1, 0.15) is 5.56 Å². The molecule has 0 spiro atoms. The summed E-state index contributed by atoms with van der Waals surface area (Å²) in [6.07, 6.45) is 0.208. The van der Waals surface area contributed by atoms with Crippen molar-refractivity contribution in [2.24, 2.45) is 5.92 Å². The molecule has 92 valence electrons. The molecule has 0 aromatic heterocycles. The van der Waals surface area contributed by atoms with E-state index in [0.29, 0.717) is 5.02 Å². The molecule has 0 amide bonds. The Hall–Kier alpha value is -1.55. The highest BCUT2D eigenvalue weighted by atomic mass is 35.5. The van der Waals surface area contributed by atoms with Gasteiger partial charge in [-0.3, -0.25) is 9.59 Å². The summed E-state index contributed by atoms with van der Waals surface area (Å²) in [4.78, 5) is 22.9. The predicted octanol–water partition coefficient (Wildman–Crippen LogP) is 1.84. The third-order valence-corrected chi connectivity index (χ3v) is 2.54. The Balaban J connectivity index is 2.86. The first-order valence-corrected chi connectivity index (χ1v) is 5.36. The molecule has 0 fully saturated rings. The van der Waals surface area contributed by atoms with Crippen LogP contribution in [0.25, 0.3) is 0 Å². The van der Waals surface area contributed by atoms with E-state index in [2.05, 4.69) is 9.47 Å². The normalized spacial score (nSPS) is 10.1. The first-order chi connectivity index (χ1) is 8.08. The molecule has 0 aliphatic rings. The lowest BCUT2D eigenvalue weighted by atomic mass is 9.99. The molecule has 0 saturated carbocycles. The van der Waals surface area contributed by atoms with E-state index in [-0.39, 0.29) is 6.42 Å². The van der Waals surface area contributed by atoms with E-state index in [1.54, 1.807) is 24.3 Å². The van der Waals surface area contributed by atoms with Gasteiger partial charge < -0.3 is 9.47 Å². The Morgan fingerprint density at radius 2 is 1.82 bits per heavy atom. The molecule has 1 aromatic rings. The molecule has 0 aliphatic heterocycles. The summed E-state index contributed by atoms with van der Waals surface area (Å²) in [5.74, 6) is -2.18. The van der Waals surface area contributed by atoms with E-state index in [0.717, 1.165) is 5.56 Å². The van der Waals surface area contributed by atoms with Crippen LogP contribution >= 0.6 is 11.6 Å². The highest BCUT2D eigenvalue weighted by Gasteiger charge is 2.28. The summed E-state index contributed by atoms with van der Waals surface area (Å²) in [6.45, 7) is 0. The van der Waals surface area contributed by atoms with Crippen molar-refractivity contribution in [3.63, 3.8) is 0 Å². The maximum absolute atomic E-state index is 11.4. The fourth-order valence-electron chi connectivity index (χ4n) is 1.45. The van der Waals surface area contributed by atoms with E-state index in [1.165, 1.54) is 14.2 Å². The smallest absolute Gasteiger partial charge is 0.320 e. The van der Waals surface area contributed by atoms with E-state index in [1.807, 2.05) is 0 Å². The van der Waals surface area contributed by atoms with Gasteiger partial charge in [-0.05, 0) is 24.1 Å². The van der Waals surface area contributed by atoms with Crippen molar-refractivity contribution in [3.05, 3.63) is 34.9 Å². The van der Waals surface area contributed by atoms with Gasteiger partial charge in [0.25, 0.3) is 0 Å². The van der Waals surface area contributed by atoms with Gasteiger partial charge in [0.2, 0.25) is 0 Å². The van der Waals surface area contributed by atoms with Gasteiger partial charge in [-0.25, -0.2) is 0 Å². The van der Waals surface area contributed by atoms with Gasteiger partial charge in [-0.1, -0.05) is 23.7 Å². The molecule has 0 atom stereocenters. The summed E-state index contributed by atoms with van der Waals surface area (Å²) < 4.78 is 9.13. The number of methoxy groups -OCH3 is 2. The maximum atomic E-state index is 11.4. The van der Waals surface area contributed by atoms with E-state index in [9.17, 15) is 9.59 Å². The van der Waals surface area contributed by atoms with Gasteiger partial charge in [0.1, 0.15) is 0 Å². The number of carbonyl (C=O) groups is 2. The third kappa shape index (κ3) is 3.75. The fourth-order valence-corrected chi connectivity index (χ4v) is 1.66. The predicted molar refractivity (Wildman–Crippen MR) is 62.7 cm³/mol. The lowest BCUT2D eigenvalue weighted by Gasteiger charge is -2.12. The molecule has 17 heavy (non-hydrogen) atoms. The minimum atomic E-state index is -0.955. The summed E-state index contributed by atoms with van der Waals surface area (Å²) >= 11 is 5.82. The van der Waals surface area contributed by atoms with Crippen LogP contribution in [0.4, 0.5) is 0 Å². The molecule has 1 aromatic carbocycles. The van der Waals surface area contributed by atoms with Crippen molar-refractivity contribution in [1.29, 1.82) is 0 Å². The van der Waals surface area contributed by atoms with Gasteiger partial charge >= 0.3 is 11.9 Å². The molecule has 0 heterocycles. The van der Waals surface area contributed by atoms with Crippen LogP contribution in [-0.2, 0) is 25.5 Å². The largest absolute Gasteiger partial charge is 0.468 e. The van der Waals surface area contributed by atoms with Crippen LogP contribution in [0.2, 0.25) is 5.02 Å². The molecule has 0 saturated heterocycles. The second-order valence-corrected chi connectivity index (χ2v) is 3.87. The second-order valence-electron chi connectivity index (χ2n) is 3.43. The van der Waals surface area contributed by atoms with Crippen LogP contribution in [-0.4, -0.2) is 26.2 Å². The van der Waals surface area contributed by atoms with Crippen LogP contribution < -0.4 is 0 Å². The first kappa shape index (κ1) is 13.5. The summed E-state index contributed by atoms with van der Waals surface area (Å²) in [7, 11) is 2.46. The topological polar surface area (TPSA) is 52.6 Å². The monoisotopic (exact) mass is 256 g/mol. The highest BCUT2D eigenvalue weighted by Crippen LogP contribution is 2.16. The number of esters is 2. The summed E-state index contributed by atoms with van der Waals surface area (Å²) in [5.41, 5.74) is 0.776. The Bertz CT molecular complexity index is 401. The van der Waals surface area contributed by atoms with E-state index >= 15 is 0 Å². The van der Waals surface area contributed by atoms with Gasteiger partial charge in [-0.2, -0.15) is 0 Å². The highest BCUT2D eigenvalue weighted by molar-refractivity contribution is 6.30. The van der Waals surface area contributed by atoms with E-state index < -0.39 is 17.9 Å². The van der Waals surface area contributed by atoms with Crippen molar-refractivity contribution in [2.45, 2.75) is 6.42 Å². The van der Waals surface area contributed by atoms with Crippen molar-refractivity contribution in [3.8, 4) is 0 Å². The molecule has 0 unspecified atom stereocenters. The Labute approximate surface area is 104 Å². The molecule has 0 radical (unpaired) electrons. The molecule has 0 N–H and O–H groups in total. The third-order valence-electron chi connectivity index (χ3n) is 2.30. The zero-order chi connectivity index (χ0) is 12.8. The number of carbonyl (C=O) groups excluding carboxylic acids is 2. The van der Waals surface area contributed by atoms with E-state index in [4.69, 9.17) is 11.6 Å². The van der Waals surface area contributed by atoms with Crippen LogP contribution in [0.5, 0.6) is 0 Å². The minimum absolute atomic E-state index is 0.208. The molecule has 1 rings (SSSR count). The number of rotatable bonds is 4. The number of hydrogen-bond acceptors (Lipinski definition) is 4. The average Bonchev–Trinajstić information content (AvgIpc) is 2.34. The van der Waals surface area contributed by atoms with Crippen molar-refractivity contribution in [2.75, 3.05) is 14.2 Å². The van der Waals surface area contributed by atoms with Crippen LogP contribution in [0.15, 0.2) is 24.3 Å². The SMILES string of the molecule is COC(=O)C(Cc1cccc(Cl)c1)C(=O)OC. The Morgan fingerprint density at radius 3 is 2.29 bits per heavy atom. The number of halogens is 1. The lowest BCUT2D eigenvalue weighted by molar-refractivity contribution is -0.158. The molecule has 4 nitrogen and oxygen atoms in total. The van der Waals surface area contributed by atoms with Gasteiger partial charge in [0.05, 0.1) is 14.2 Å². The van der Waals surface area contributed by atoms with Crippen molar-refractivity contribution < 1.29 is 19.1 Å². The van der Waals surface area contributed by atoms with Crippen LogP contribution in [0, 0.1) is 5.92 Å². The maximum Gasteiger partial charge on any atom is 0.320 e. The first-order valence-electron chi connectivity index (χ1n) is 4.98. The quantitative estimate of drug-likeness (QED) is 0.609. The Kier molecular flexibility index (Phi) is 4.97. The minimum Gasteiger partial charge on any atom is -0.468 e. The average molecular weight is 257 g/mol. The fraction of sp³-hybridized carbons (Fsp3) is 0.333. The standard InChI is InChI=1S/C12H13ClO4/c1-16-11(14)10(12(15)17-2)7-8-4-3-5-9(13)6-8/h3-6,10H,7H2,1-2H3. The van der Waals surface area contributed by atoms with Gasteiger partial charge in [0.15, 0.2) is 5.92 Å². The summed E-state index contributed by atoms with van der Waals surface area (Å²) in [5, 5.41) is 0.552. The van der Waals surface area contributed by atoms with Crippen molar-refractivity contribution in [1.82, 2.24) is 0 Å². The number of benzene rings is 1.